The van der Waals surface area contributed by atoms with Crippen LogP contribution in [0.1, 0.15) is 19.3 Å². The topological polar surface area (TPSA) is 38.3 Å². The highest BCUT2D eigenvalue weighted by Gasteiger charge is 2.54. The largest absolute Gasteiger partial charge is 0.490 e. The van der Waals surface area contributed by atoms with Gasteiger partial charge in [0.2, 0.25) is 0 Å². The van der Waals surface area contributed by atoms with Gasteiger partial charge in [-0.2, -0.15) is 13.2 Å². The Kier molecular flexibility index (Phi) is 2.41. The van der Waals surface area contributed by atoms with Crippen LogP contribution in [0.15, 0.2) is 0 Å². The number of rotatable bonds is 1. The van der Waals surface area contributed by atoms with Gasteiger partial charge in [0.15, 0.2) is 0 Å². The predicted octanol–water partition coefficient (Wildman–Crippen LogP) is 1.23. The molecule has 1 saturated heterocycles. The quantitative estimate of drug-likeness (QED) is 0.679. The molecule has 0 bridgehead atoms. The zero-order chi connectivity index (χ0) is 11.1. The average molecular weight is 223 g/mol. The summed E-state index contributed by atoms with van der Waals surface area (Å²) in [6.45, 7) is 1.26. The van der Waals surface area contributed by atoms with Crippen molar-refractivity contribution in [3.05, 3.63) is 0 Å². The standard InChI is InChI=1S/C9H12F3NO2/c10-9(11,12)7(14)15-6-1-4-13-5-8(6)2-3-8/h6,13H,1-5H2. The minimum absolute atomic E-state index is 0.209. The van der Waals surface area contributed by atoms with Crippen molar-refractivity contribution in [1.29, 1.82) is 0 Å². The lowest BCUT2D eigenvalue weighted by Gasteiger charge is -2.32. The van der Waals surface area contributed by atoms with Crippen molar-refractivity contribution in [3.8, 4) is 0 Å². The van der Waals surface area contributed by atoms with Crippen molar-refractivity contribution >= 4 is 5.97 Å². The van der Waals surface area contributed by atoms with Crippen LogP contribution < -0.4 is 5.32 Å². The number of ether oxygens (including phenoxy) is 1. The maximum absolute atomic E-state index is 12.0. The molecule has 1 spiro atoms. The molecule has 1 aliphatic carbocycles. The summed E-state index contributed by atoms with van der Waals surface area (Å²) in [6.07, 6.45) is -3.28. The molecule has 0 amide bonds. The average Bonchev–Trinajstić information content (AvgIpc) is 2.89. The zero-order valence-electron chi connectivity index (χ0n) is 8.06. The second-order valence-corrected chi connectivity index (χ2v) is 4.22. The van der Waals surface area contributed by atoms with E-state index < -0.39 is 18.2 Å². The molecule has 0 radical (unpaired) electrons. The normalized spacial score (nSPS) is 28.9. The Morgan fingerprint density at radius 2 is 2.07 bits per heavy atom. The lowest BCUT2D eigenvalue weighted by atomic mass is 9.93. The Labute approximate surface area is 85.0 Å². The maximum Gasteiger partial charge on any atom is 0.490 e. The van der Waals surface area contributed by atoms with Crippen molar-refractivity contribution in [2.75, 3.05) is 13.1 Å². The molecule has 0 aromatic heterocycles. The summed E-state index contributed by atoms with van der Waals surface area (Å²) in [5.41, 5.74) is -0.209. The Morgan fingerprint density at radius 1 is 1.40 bits per heavy atom. The third kappa shape index (κ3) is 2.09. The monoisotopic (exact) mass is 223 g/mol. The number of nitrogens with one attached hydrogen (secondary N) is 1. The molecule has 1 atom stereocenters. The van der Waals surface area contributed by atoms with Crippen LogP contribution in [0.4, 0.5) is 13.2 Å². The molecular weight excluding hydrogens is 211 g/mol. The first-order valence-corrected chi connectivity index (χ1v) is 4.93. The van der Waals surface area contributed by atoms with E-state index in [-0.39, 0.29) is 5.41 Å². The Hall–Kier alpha value is -0.780. The minimum Gasteiger partial charge on any atom is -0.455 e. The first-order chi connectivity index (χ1) is 6.94. The van der Waals surface area contributed by atoms with Crippen LogP contribution >= 0.6 is 0 Å². The highest BCUT2D eigenvalue weighted by molar-refractivity contribution is 5.75. The van der Waals surface area contributed by atoms with Crippen molar-refractivity contribution in [2.45, 2.75) is 31.5 Å². The van der Waals surface area contributed by atoms with E-state index in [4.69, 9.17) is 0 Å². The number of piperidine rings is 1. The van der Waals surface area contributed by atoms with Crippen molar-refractivity contribution in [2.24, 2.45) is 5.41 Å². The van der Waals surface area contributed by atoms with Gasteiger partial charge in [0.1, 0.15) is 6.10 Å². The molecule has 0 aromatic carbocycles. The van der Waals surface area contributed by atoms with E-state index in [0.29, 0.717) is 19.5 Å². The van der Waals surface area contributed by atoms with Crippen molar-refractivity contribution in [3.63, 3.8) is 0 Å². The van der Waals surface area contributed by atoms with Crippen LogP contribution in [-0.4, -0.2) is 31.3 Å². The molecular formula is C9H12F3NO2. The van der Waals surface area contributed by atoms with Gasteiger partial charge in [-0.25, -0.2) is 4.79 Å². The van der Waals surface area contributed by atoms with Crippen LogP contribution in [0.2, 0.25) is 0 Å². The third-order valence-corrected chi connectivity index (χ3v) is 3.12. The highest BCUT2D eigenvalue weighted by atomic mass is 19.4. The lowest BCUT2D eigenvalue weighted by molar-refractivity contribution is -0.209. The van der Waals surface area contributed by atoms with E-state index in [1.807, 2.05) is 0 Å². The van der Waals surface area contributed by atoms with Crippen LogP contribution in [0.25, 0.3) is 0 Å². The molecule has 1 N–H and O–H groups in total. The second-order valence-electron chi connectivity index (χ2n) is 4.22. The number of carbonyl (C=O) groups excluding carboxylic acids is 1. The van der Waals surface area contributed by atoms with E-state index in [9.17, 15) is 18.0 Å². The second kappa shape index (κ2) is 3.37. The van der Waals surface area contributed by atoms with Crippen LogP contribution in [0.5, 0.6) is 0 Å². The number of alkyl halides is 3. The number of halogens is 3. The molecule has 2 fully saturated rings. The van der Waals surface area contributed by atoms with Gasteiger partial charge in [-0.3, -0.25) is 0 Å². The number of hydrogen-bond donors (Lipinski definition) is 1. The fourth-order valence-corrected chi connectivity index (χ4v) is 2.03. The molecule has 15 heavy (non-hydrogen) atoms. The van der Waals surface area contributed by atoms with Crippen LogP contribution in [0, 0.1) is 5.41 Å². The summed E-state index contributed by atoms with van der Waals surface area (Å²) in [5.74, 6) is -2.05. The Morgan fingerprint density at radius 3 is 2.60 bits per heavy atom. The summed E-state index contributed by atoms with van der Waals surface area (Å²) in [5, 5.41) is 3.11. The van der Waals surface area contributed by atoms with Gasteiger partial charge in [0.25, 0.3) is 0 Å². The van der Waals surface area contributed by atoms with Crippen LogP contribution in [-0.2, 0) is 9.53 Å². The molecule has 1 saturated carbocycles. The zero-order valence-corrected chi connectivity index (χ0v) is 8.06. The summed E-state index contributed by atoms with van der Waals surface area (Å²) < 4.78 is 40.5. The van der Waals surface area contributed by atoms with Crippen LogP contribution in [0.3, 0.4) is 0 Å². The molecule has 1 aliphatic heterocycles. The van der Waals surface area contributed by atoms with Gasteiger partial charge in [-0.1, -0.05) is 0 Å². The molecule has 1 unspecified atom stereocenters. The Bertz CT molecular complexity index is 273. The van der Waals surface area contributed by atoms with Gasteiger partial charge >= 0.3 is 12.1 Å². The van der Waals surface area contributed by atoms with Gasteiger partial charge in [-0.05, 0) is 25.8 Å². The highest BCUT2D eigenvalue weighted by Crippen LogP contribution is 2.51. The number of carbonyl (C=O) groups is 1. The third-order valence-electron chi connectivity index (χ3n) is 3.12. The molecule has 1 heterocycles. The lowest BCUT2D eigenvalue weighted by Crippen LogP contribution is -2.45. The van der Waals surface area contributed by atoms with E-state index in [2.05, 4.69) is 10.1 Å². The molecule has 0 aromatic rings. The van der Waals surface area contributed by atoms with Crippen molar-refractivity contribution < 1.29 is 22.7 Å². The van der Waals surface area contributed by atoms with Crippen molar-refractivity contribution in [1.82, 2.24) is 5.32 Å². The molecule has 2 aliphatic rings. The summed E-state index contributed by atoms with van der Waals surface area (Å²) in [7, 11) is 0. The van der Waals surface area contributed by atoms with E-state index >= 15 is 0 Å². The smallest absolute Gasteiger partial charge is 0.455 e. The van der Waals surface area contributed by atoms with E-state index in [1.54, 1.807) is 0 Å². The summed E-state index contributed by atoms with van der Waals surface area (Å²) in [6, 6.07) is 0. The van der Waals surface area contributed by atoms with E-state index in [0.717, 1.165) is 12.8 Å². The molecule has 6 heteroatoms. The SMILES string of the molecule is O=C(OC1CCNCC12CC2)C(F)(F)F. The summed E-state index contributed by atoms with van der Waals surface area (Å²) >= 11 is 0. The predicted molar refractivity (Wildman–Crippen MR) is 45.1 cm³/mol. The molecule has 86 valence electrons. The number of esters is 1. The molecule has 2 rings (SSSR count). The first kappa shape index (κ1) is 10.7. The van der Waals surface area contributed by atoms with E-state index in [1.165, 1.54) is 0 Å². The molecule has 3 nitrogen and oxygen atoms in total. The fraction of sp³-hybridized carbons (Fsp3) is 0.889. The Balaban J connectivity index is 1.96. The van der Waals surface area contributed by atoms with Gasteiger partial charge < -0.3 is 10.1 Å². The maximum atomic E-state index is 12.0. The minimum atomic E-state index is -4.87. The van der Waals surface area contributed by atoms with Gasteiger partial charge in [-0.15, -0.1) is 0 Å². The number of hydrogen-bond acceptors (Lipinski definition) is 3. The van der Waals surface area contributed by atoms with Gasteiger partial charge in [0, 0.05) is 12.0 Å². The van der Waals surface area contributed by atoms with Gasteiger partial charge in [0.05, 0.1) is 0 Å². The summed E-state index contributed by atoms with van der Waals surface area (Å²) in [4.78, 5) is 10.7. The fourth-order valence-electron chi connectivity index (χ4n) is 2.03. The first-order valence-electron chi connectivity index (χ1n) is 4.93.